The van der Waals surface area contributed by atoms with Crippen molar-refractivity contribution in [2.75, 3.05) is 12.3 Å². The second-order valence-electron chi connectivity index (χ2n) is 3.33. The number of imide groups is 1. The molecule has 1 aromatic carbocycles. The first kappa shape index (κ1) is 11.0. The van der Waals surface area contributed by atoms with E-state index >= 15 is 0 Å². The molecule has 2 rings (SSSR count). The Labute approximate surface area is 94.3 Å². The minimum Gasteiger partial charge on any atom is -0.306 e. The topological polar surface area (TPSA) is 74.7 Å². The Morgan fingerprint density at radius 2 is 1.62 bits per heavy atom. The number of hydrogen-bond donors (Lipinski definition) is 1. The molecule has 6 heteroatoms. The van der Waals surface area contributed by atoms with Crippen molar-refractivity contribution in [1.29, 1.82) is 0 Å². The van der Waals surface area contributed by atoms with Crippen molar-refractivity contribution in [3.8, 4) is 0 Å². The van der Waals surface area contributed by atoms with Gasteiger partial charge in [0.05, 0.1) is 16.9 Å². The number of carbonyl (C=O) groups is 2. The highest BCUT2D eigenvalue weighted by atomic mass is 32.2. The molecule has 1 aliphatic heterocycles. The van der Waals surface area contributed by atoms with Gasteiger partial charge < -0.3 is 4.55 Å². The van der Waals surface area contributed by atoms with Gasteiger partial charge in [0.1, 0.15) is 0 Å². The molecule has 0 bridgehead atoms. The van der Waals surface area contributed by atoms with E-state index in [1.807, 2.05) is 0 Å². The highest BCUT2D eigenvalue weighted by molar-refractivity contribution is 7.79. The lowest BCUT2D eigenvalue weighted by atomic mass is 10.1. The third kappa shape index (κ3) is 1.77. The second kappa shape index (κ2) is 4.15. The van der Waals surface area contributed by atoms with Crippen molar-refractivity contribution >= 4 is 22.9 Å². The van der Waals surface area contributed by atoms with Crippen LogP contribution >= 0.6 is 0 Å². The molecular formula is C10H9NO4S. The van der Waals surface area contributed by atoms with Crippen LogP contribution in [0.15, 0.2) is 24.3 Å². The molecule has 1 aliphatic rings. The van der Waals surface area contributed by atoms with Crippen molar-refractivity contribution in [2.45, 2.75) is 0 Å². The molecule has 16 heavy (non-hydrogen) atoms. The van der Waals surface area contributed by atoms with E-state index in [2.05, 4.69) is 0 Å². The summed E-state index contributed by atoms with van der Waals surface area (Å²) in [6, 6.07) is 6.51. The predicted octanol–water partition coefficient (Wildman–Crippen LogP) is 0.504. The zero-order valence-electron chi connectivity index (χ0n) is 8.25. The first-order valence-electron chi connectivity index (χ1n) is 4.64. The molecule has 1 N–H and O–H groups in total. The third-order valence-electron chi connectivity index (χ3n) is 2.37. The van der Waals surface area contributed by atoms with E-state index in [1.165, 1.54) is 0 Å². The molecule has 5 nitrogen and oxygen atoms in total. The average molecular weight is 239 g/mol. The molecule has 2 amide bonds. The van der Waals surface area contributed by atoms with Crippen LogP contribution < -0.4 is 0 Å². The number of amides is 2. The zero-order chi connectivity index (χ0) is 11.7. The van der Waals surface area contributed by atoms with Crippen molar-refractivity contribution < 1.29 is 18.4 Å². The first-order chi connectivity index (χ1) is 7.61. The van der Waals surface area contributed by atoms with Gasteiger partial charge in [0.25, 0.3) is 11.8 Å². The molecule has 84 valence electrons. The van der Waals surface area contributed by atoms with Gasteiger partial charge in [-0.05, 0) is 12.1 Å². The van der Waals surface area contributed by atoms with Gasteiger partial charge in [-0.15, -0.1) is 0 Å². The average Bonchev–Trinajstić information content (AvgIpc) is 2.50. The van der Waals surface area contributed by atoms with Gasteiger partial charge in [-0.2, -0.15) is 0 Å². The van der Waals surface area contributed by atoms with Crippen LogP contribution in [0.2, 0.25) is 0 Å². The molecule has 0 radical (unpaired) electrons. The van der Waals surface area contributed by atoms with Crippen LogP contribution in [0.1, 0.15) is 20.7 Å². The van der Waals surface area contributed by atoms with E-state index in [0.717, 1.165) is 4.90 Å². The van der Waals surface area contributed by atoms with Gasteiger partial charge in [0.2, 0.25) is 0 Å². The minimum absolute atomic E-state index is 0.0323. The summed E-state index contributed by atoms with van der Waals surface area (Å²) < 4.78 is 19.1. The molecule has 0 aromatic heterocycles. The van der Waals surface area contributed by atoms with E-state index < -0.39 is 22.9 Å². The number of benzene rings is 1. The van der Waals surface area contributed by atoms with Crippen molar-refractivity contribution in [1.82, 2.24) is 4.90 Å². The summed E-state index contributed by atoms with van der Waals surface area (Å²) in [6.45, 7) is -0.0323. The standard InChI is InChI=1S/C10H9NO4S/c12-9-7-3-1-2-4-8(7)10(13)11(9)5-6-16(14)15/h1-4H,5-6H2,(H,14,15). The molecule has 0 saturated carbocycles. The van der Waals surface area contributed by atoms with Crippen LogP contribution in [0.3, 0.4) is 0 Å². The molecule has 0 fully saturated rings. The van der Waals surface area contributed by atoms with Crippen LogP contribution in [0, 0.1) is 0 Å². The number of nitrogens with zero attached hydrogens (tertiary/aromatic N) is 1. The maximum absolute atomic E-state index is 11.7. The summed E-state index contributed by atoms with van der Waals surface area (Å²) in [7, 11) is 0. The fourth-order valence-corrected chi connectivity index (χ4v) is 1.95. The van der Waals surface area contributed by atoms with Crippen molar-refractivity contribution in [2.24, 2.45) is 0 Å². The number of carbonyl (C=O) groups excluding carboxylic acids is 2. The lowest BCUT2D eigenvalue weighted by Gasteiger charge is -2.11. The van der Waals surface area contributed by atoms with Gasteiger partial charge in [0, 0.05) is 6.54 Å². The maximum atomic E-state index is 11.7. The zero-order valence-corrected chi connectivity index (χ0v) is 9.07. The highest BCUT2D eigenvalue weighted by Gasteiger charge is 2.34. The van der Waals surface area contributed by atoms with Gasteiger partial charge in [0.15, 0.2) is 11.1 Å². The normalized spacial score (nSPS) is 16.4. The van der Waals surface area contributed by atoms with Gasteiger partial charge in [-0.25, -0.2) is 4.21 Å². The Morgan fingerprint density at radius 3 is 2.06 bits per heavy atom. The summed E-state index contributed by atoms with van der Waals surface area (Å²) in [5, 5.41) is 0. The molecule has 0 saturated heterocycles. The fraction of sp³-hybridized carbons (Fsp3) is 0.200. The summed E-state index contributed by atoms with van der Waals surface area (Å²) in [4.78, 5) is 24.5. The largest absolute Gasteiger partial charge is 0.306 e. The lowest BCUT2D eigenvalue weighted by Crippen LogP contribution is -2.33. The quantitative estimate of drug-likeness (QED) is 0.616. The lowest BCUT2D eigenvalue weighted by molar-refractivity contribution is 0.0664. The maximum Gasteiger partial charge on any atom is 0.261 e. The summed E-state index contributed by atoms with van der Waals surface area (Å²) in [6.07, 6.45) is 0. The van der Waals surface area contributed by atoms with Crippen molar-refractivity contribution in [3.63, 3.8) is 0 Å². The smallest absolute Gasteiger partial charge is 0.261 e. The van der Waals surface area contributed by atoms with Crippen LogP contribution in [-0.4, -0.2) is 37.8 Å². The number of fused-ring (bicyclic) bond motifs is 1. The van der Waals surface area contributed by atoms with Crippen LogP contribution in [-0.2, 0) is 11.1 Å². The van der Waals surface area contributed by atoms with E-state index in [9.17, 15) is 13.8 Å². The van der Waals surface area contributed by atoms with Crippen LogP contribution in [0.25, 0.3) is 0 Å². The Bertz CT molecular complexity index is 450. The van der Waals surface area contributed by atoms with Gasteiger partial charge in [-0.3, -0.25) is 14.5 Å². The predicted molar refractivity (Wildman–Crippen MR) is 57.4 cm³/mol. The minimum atomic E-state index is -2.00. The Balaban J connectivity index is 2.25. The van der Waals surface area contributed by atoms with E-state index in [1.54, 1.807) is 24.3 Å². The Hall–Kier alpha value is -1.53. The van der Waals surface area contributed by atoms with E-state index in [0.29, 0.717) is 11.1 Å². The summed E-state index contributed by atoms with van der Waals surface area (Å²) >= 11 is -2.00. The Morgan fingerprint density at radius 1 is 1.12 bits per heavy atom. The molecule has 0 spiro atoms. The number of hydrogen-bond acceptors (Lipinski definition) is 3. The molecule has 1 atom stereocenters. The van der Waals surface area contributed by atoms with Crippen LogP contribution in [0.4, 0.5) is 0 Å². The molecular weight excluding hydrogens is 230 g/mol. The summed E-state index contributed by atoms with van der Waals surface area (Å²) in [5.41, 5.74) is 0.715. The monoisotopic (exact) mass is 239 g/mol. The van der Waals surface area contributed by atoms with Crippen molar-refractivity contribution in [3.05, 3.63) is 35.4 Å². The van der Waals surface area contributed by atoms with Crippen LogP contribution in [0.5, 0.6) is 0 Å². The molecule has 1 heterocycles. The number of rotatable bonds is 3. The summed E-state index contributed by atoms with van der Waals surface area (Å²) in [5.74, 6) is -0.914. The van der Waals surface area contributed by atoms with Gasteiger partial charge in [-0.1, -0.05) is 12.1 Å². The third-order valence-corrected chi connectivity index (χ3v) is 2.90. The molecule has 0 aliphatic carbocycles. The Kier molecular flexibility index (Phi) is 2.84. The van der Waals surface area contributed by atoms with Gasteiger partial charge >= 0.3 is 0 Å². The first-order valence-corrected chi connectivity index (χ1v) is 5.91. The van der Waals surface area contributed by atoms with E-state index in [4.69, 9.17) is 4.55 Å². The highest BCUT2D eigenvalue weighted by Crippen LogP contribution is 2.21. The van der Waals surface area contributed by atoms with E-state index in [-0.39, 0.29) is 12.3 Å². The second-order valence-corrected chi connectivity index (χ2v) is 4.38. The molecule has 1 unspecified atom stereocenters. The fourth-order valence-electron chi connectivity index (χ4n) is 1.61. The molecule has 1 aromatic rings. The SMILES string of the molecule is O=C1c2ccccc2C(=O)N1CCS(=O)O.